The Bertz CT molecular complexity index is 1210. The Balaban J connectivity index is 1.69. The van der Waals surface area contributed by atoms with Gasteiger partial charge in [-0.15, -0.1) is 0 Å². The van der Waals surface area contributed by atoms with E-state index in [0.717, 1.165) is 39.8 Å². The van der Waals surface area contributed by atoms with Crippen LogP contribution in [0.15, 0.2) is 108 Å². The lowest BCUT2D eigenvalue weighted by Gasteiger charge is -2.17. The van der Waals surface area contributed by atoms with Gasteiger partial charge < -0.3 is 20.1 Å². The second-order valence-corrected chi connectivity index (χ2v) is 7.73. The average molecular weight is 439 g/mol. The van der Waals surface area contributed by atoms with Gasteiger partial charge in [0.2, 0.25) is 0 Å². The zero-order valence-corrected chi connectivity index (χ0v) is 18.4. The average Bonchev–Trinajstić information content (AvgIpc) is 3.38. The molecule has 0 fully saturated rings. The standard InChI is InChI=1S/C29H26O4/c1-2-27(20-7-13-24(30)14-8-20)29(22-9-15-25(31)16-10-22)23-11-17-26(18-12-23)33-19-28(32)21-5-3-4-6-21/h3-18,30-32H,2,19H2,1H3/b29-27-. The largest absolute Gasteiger partial charge is 0.508 e. The molecule has 0 unspecified atom stereocenters. The minimum Gasteiger partial charge on any atom is -0.508 e. The third kappa shape index (κ3) is 5.18. The quantitative estimate of drug-likeness (QED) is 0.281. The molecule has 3 aromatic rings. The van der Waals surface area contributed by atoms with Crippen molar-refractivity contribution < 1.29 is 20.1 Å². The Kier molecular flexibility index (Phi) is 6.65. The number of phenolic OH excluding ortho intramolecular Hbond substituents is 2. The van der Waals surface area contributed by atoms with Crippen LogP contribution in [0.1, 0.15) is 30.0 Å². The minimum atomic E-state index is 0.0950. The molecule has 33 heavy (non-hydrogen) atoms. The molecule has 166 valence electrons. The van der Waals surface area contributed by atoms with Gasteiger partial charge in [-0.1, -0.05) is 67.6 Å². The molecular weight excluding hydrogens is 412 g/mol. The van der Waals surface area contributed by atoms with Crippen molar-refractivity contribution in [3.05, 3.63) is 125 Å². The van der Waals surface area contributed by atoms with E-state index in [9.17, 15) is 15.3 Å². The summed E-state index contributed by atoms with van der Waals surface area (Å²) in [5, 5.41) is 29.7. The minimum absolute atomic E-state index is 0.0950. The van der Waals surface area contributed by atoms with Gasteiger partial charge in [-0.3, -0.25) is 0 Å². The third-order valence-electron chi connectivity index (χ3n) is 5.54. The summed E-state index contributed by atoms with van der Waals surface area (Å²) in [7, 11) is 0. The number of benzene rings is 3. The van der Waals surface area contributed by atoms with Crippen molar-refractivity contribution in [2.24, 2.45) is 0 Å². The molecule has 0 aliphatic heterocycles. The first-order valence-electron chi connectivity index (χ1n) is 10.9. The summed E-state index contributed by atoms with van der Waals surface area (Å²) in [5.41, 5.74) is 5.92. The Morgan fingerprint density at radius 2 is 1.18 bits per heavy atom. The van der Waals surface area contributed by atoms with Gasteiger partial charge in [-0.2, -0.15) is 0 Å². The number of ether oxygens (including phenoxy) is 1. The maximum atomic E-state index is 10.2. The van der Waals surface area contributed by atoms with Gasteiger partial charge in [0.15, 0.2) is 0 Å². The first kappa shape index (κ1) is 22.0. The zero-order valence-electron chi connectivity index (χ0n) is 18.4. The predicted octanol–water partition coefficient (Wildman–Crippen LogP) is 6.78. The molecule has 0 atom stereocenters. The normalized spacial score (nSPS) is 13.2. The van der Waals surface area contributed by atoms with Crippen LogP contribution in [0.3, 0.4) is 0 Å². The second-order valence-electron chi connectivity index (χ2n) is 7.73. The van der Waals surface area contributed by atoms with Crippen molar-refractivity contribution in [1.82, 2.24) is 0 Å². The molecule has 3 aromatic carbocycles. The lowest BCUT2D eigenvalue weighted by Crippen LogP contribution is -2.02. The molecule has 0 saturated carbocycles. The first-order chi connectivity index (χ1) is 16.0. The molecule has 0 radical (unpaired) electrons. The molecule has 4 rings (SSSR count). The number of hydrogen-bond donors (Lipinski definition) is 3. The van der Waals surface area contributed by atoms with Crippen LogP contribution in [-0.2, 0) is 0 Å². The summed E-state index contributed by atoms with van der Waals surface area (Å²) >= 11 is 0. The van der Waals surface area contributed by atoms with Gasteiger partial charge in [0.05, 0.1) is 0 Å². The zero-order chi connectivity index (χ0) is 23.2. The Hall–Kier alpha value is -4.18. The van der Waals surface area contributed by atoms with Crippen molar-refractivity contribution in [3.8, 4) is 17.2 Å². The highest BCUT2D eigenvalue weighted by molar-refractivity contribution is 5.98. The number of hydrogen-bond acceptors (Lipinski definition) is 4. The van der Waals surface area contributed by atoms with E-state index < -0.39 is 0 Å². The van der Waals surface area contributed by atoms with Crippen LogP contribution in [0, 0.1) is 0 Å². The Morgan fingerprint density at radius 3 is 1.70 bits per heavy atom. The molecule has 0 spiro atoms. The van der Waals surface area contributed by atoms with Crippen LogP contribution >= 0.6 is 0 Å². The fraction of sp³-hybridized carbons (Fsp3) is 0.103. The molecule has 0 amide bonds. The highest BCUT2D eigenvalue weighted by Crippen LogP contribution is 2.36. The highest BCUT2D eigenvalue weighted by atomic mass is 16.5. The summed E-state index contributed by atoms with van der Waals surface area (Å²) in [5.74, 6) is 1.29. The molecule has 0 saturated heterocycles. The molecule has 3 N–H and O–H groups in total. The summed E-state index contributed by atoms with van der Waals surface area (Å²) < 4.78 is 5.77. The van der Waals surface area contributed by atoms with Gasteiger partial charge in [0.1, 0.15) is 29.6 Å². The fourth-order valence-electron chi connectivity index (χ4n) is 3.85. The van der Waals surface area contributed by atoms with Gasteiger partial charge in [0.25, 0.3) is 0 Å². The van der Waals surface area contributed by atoms with Crippen LogP contribution in [0.25, 0.3) is 11.1 Å². The van der Waals surface area contributed by atoms with Crippen LogP contribution in [-0.4, -0.2) is 21.9 Å². The maximum Gasteiger partial charge on any atom is 0.146 e. The molecule has 4 nitrogen and oxygen atoms in total. The van der Waals surface area contributed by atoms with Gasteiger partial charge >= 0.3 is 0 Å². The van der Waals surface area contributed by atoms with Crippen LogP contribution in [0.5, 0.6) is 17.2 Å². The van der Waals surface area contributed by atoms with E-state index in [2.05, 4.69) is 6.92 Å². The number of rotatable bonds is 7. The lowest BCUT2D eigenvalue weighted by atomic mass is 9.88. The van der Waals surface area contributed by atoms with Crippen molar-refractivity contribution >= 4 is 11.1 Å². The third-order valence-corrected chi connectivity index (χ3v) is 5.54. The SMILES string of the molecule is CC/C(=C(\c1ccc(O)cc1)c1ccc(OCC(O)=C2C=CC=C2)cc1)c1ccc(O)cc1. The van der Waals surface area contributed by atoms with Gasteiger partial charge in [-0.05, 0) is 70.7 Å². The van der Waals surface area contributed by atoms with Crippen molar-refractivity contribution in [1.29, 1.82) is 0 Å². The molecule has 1 aliphatic carbocycles. The fourth-order valence-corrected chi connectivity index (χ4v) is 3.85. The second kappa shape index (κ2) is 9.96. The van der Waals surface area contributed by atoms with E-state index in [4.69, 9.17) is 4.74 Å². The van der Waals surface area contributed by atoms with E-state index in [0.29, 0.717) is 5.75 Å². The van der Waals surface area contributed by atoms with E-state index in [1.165, 1.54) is 0 Å². The summed E-state index contributed by atoms with van der Waals surface area (Å²) in [4.78, 5) is 0. The van der Waals surface area contributed by atoms with Crippen LogP contribution < -0.4 is 4.74 Å². The number of phenols is 2. The number of aliphatic hydroxyl groups is 1. The Labute approximate surface area is 193 Å². The molecule has 1 aliphatic rings. The van der Waals surface area contributed by atoms with Gasteiger partial charge in [0, 0.05) is 5.57 Å². The van der Waals surface area contributed by atoms with Crippen molar-refractivity contribution in [3.63, 3.8) is 0 Å². The topological polar surface area (TPSA) is 69.9 Å². The van der Waals surface area contributed by atoms with E-state index in [1.54, 1.807) is 24.3 Å². The molecule has 0 bridgehead atoms. The molecule has 0 heterocycles. The van der Waals surface area contributed by atoms with Gasteiger partial charge in [-0.25, -0.2) is 0 Å². The van der Waals surface area contributed by atoms with Crippen molar-refractivity contribution in [2.45, 2.75) is 13.3 Å². The highest BCUT2D eigenvalue weighted by Gasteiger charge is 2.14. The maximum absolute atomic E-state index is 10.2. The summed E-state index contributed by atoms with van der Waals surface area (Å²) in [6, 6.07) is 22.1. The monoisotopic (exact) mass is 438 g/mol. The number of aliphatic hydroxyl groups excluding tert-OH is 1. The number of allylic oxidation sites excluding steroid dienone is 6. The molecule has 0 aromatic heterocycles. The molecule has 4 heteroatoms. The van der Waals surface area contributed by atoms with E-state index in [1.807, 2.05) is 72.8 Å². The summed E-state index contributed by atoms with van der Waals surface area (Å²) in [6.07, 6.45) is 8.20. The van der Waals surface area contributed by atoms with Crippen molar-refractivity contribution in [2.75, 3.05) is 6.61 Å². The summed E-state index contributed by atoms with van der Waals surface area (Å²) in [6.45, 7) is 2.19. The Morgan fingerprint density at radius 1 is 0.697 bits per heavy atom. The van der Waals surface area contributed by atoms with Crippen LogP contribution in [0.2, 0.25) is 0 Å². The lowest BCUT2D eigenvalue weighted by molar-refractivity contribution is 0.269. The predicted molar refractivity (Wildman–Crippen MR) is 132 cm³/mol. The smallest absolute Gasteiger partial charge is 0.146 e. The molecular formula is C29H26O4. The van der Waals surface area contributed by atoms with E-state index in [-0.39, 0.29) is 23.9 Å². The number of aromatic hydroxyl groups is 2. The van der Waals surface area contributed by atoms with Crippen LogP contribution in [0.4, 0.5) is 0 Å². The van der Waals surface area contributed by atoms with E-state index >= 15 is 0 Å². The first-order valence-corrected chi connectivity index (χ1v) is 10.9.